The summed E-state index contributed by atoms with van der Waals surface area (Å²) in [5.41, 5.74) is 4.15. The molecule has 0 saturated heterocycles. The van der Waals surface area contributed by atoms with Gasteiger partial charge in [0.1, 0.15) is 0 Å². The fourth-order valence-electron chi connectivity index (χ4n) is 6.88. The first-order valence-corrected chi connectivity index (χ1v) is 20.0. The van der Waals surface area contributed by atoms with E-state index in [4.69, 9.17) is 34.0 Å². The summed E-state index contributed by atoms with van der Waals surface area (Å²) >= 11 is 0. The predicted octanol–water partition coefficient (Wildman–Crippen LogP) is 9.72. The number of hydrogen-bond donors (Lipinski definition) is 0. The molecule has 0 bridgehead atoms. The van der Waals surface area contributed by atoms with Gasteiger partial charge < -0.3 is 23.7 Å². The molecule has 0 atom stereocenters. The van der Waals surface area contributed by atoms with Gasteiger partial charge in [-0.15, -0.1) is 15.0 Å². The highest BCUT2D eigenvalue weighted by Crippen LogP contribution is 2.41. The summed E-state index contributed by atoms with van der Waals surface area (Å²) in [7, 11) is 0. The highest BCUT2D eigenvalue weighted by atomic mass is 16.7. The minimum atomic E-state index is -1.08. The summed E-state index contributed by atoms with van der Waals surface area (Å²) in [5.74, 6) is -0.842. The van der Waals surface area contributed by atoms with Gasteiger partial charge in [-0.2, -0.15) is 0 Å². The average molecular weight is 818 g/mol. The first kappa shape index (κ1) is 41.5. The number of carbonyl (C=O) groups is 3. The van der Waals surface area contributed by atoms with Crippen LogP contribution in [0.5, 0.6) is 17.4 Å². The predicted molar refractivity (Wildman–Crippen MR) is 227 cm³/mol. The van der Waals surface area contributed by atoms with Crippen LogP contribution in [0.3, 0.4) is 0 Å². The lowest BCUT2D eigenvalue weighted by molar-refractivity contribution is 0.0985. The maximum atomic E-state index is 14.2. The van der Waals surface area contributed by atoms with Gasteiger partial charge >= 0.3 is 12.3 Å². The molecule has 0 amide bonds. The van der Waals surface area contributed by atoms with E-state index < -0.39 is 23.6 Å². The molecule has 0 aliphatic heterocycles. The Balaban J connectivity index is 1.26. The number of carbonyl (C=O) groups excluding carboxylic acids is 3. The molecule has 0 N–H and O–H groups in total. The van der Waals surface area contributed by atoms with Gasteiger partial charge in [0.25, 0.3) is 5.88 Å². The van der Waals surface area contributed by atoms with Crippen molar-refractivity contribution in [3.63, 3.8) is 0 Å². The quantitative estimate of drug-likeness (QED) is 0.0395. The Hall–Kier alpha value is -7.67. The first-order valence-electron chi connectivity index (χ1n) is 20.0. The summed E-state index contributed by atoms with van der Waals surface area (Å²) in [6.07, 6.45) is -0.634. The van der Waals surface area contributed by atoms with Crippen molar-refractivity contribution in [2.45, 2.75) is 39.2 Å². The summed E-state index contributed by atoms with van der Waals surface area (Å²) in [5, 5.41) is 14.5. The smallest absolute Gasteiger partial charge is 0.475 e. The van der Waals surface area contributed by atoms with E-state index in [-0.39, 0.29) is 48.5 Å². The highest BCUT2D eigenvalue weighted by Gasteiger charge is 2.41. The minimum Gasteiger partial charge on any atom is -0.475 e. The number of rotatable bonds is 16. The maximum absolute atomic E-state index is 14.2. The molecule has 0 aliphatic carbocycles. The standard InChI is InChI=1S/C48H43N5O8/c1-4-7-31-59-45-41(61-47(56)58-6-3)32-40(60-46(55)57-5-2)42(49-45)43(54)34-29-27-33(28-30-34)38-25-17-18-26-39(38)44-50-52-53(51-44)48(35-19-11-8-12-20-35,36-21-13-9-14-22-36)37-23-15-10-16-24-37/h8-30,32H,4-7,31H2,1-3H3. The van der Waals surface area contributed by atoms with Gasteiger partial charge in [-0.25, -0.2) is 14.6 Å². The van der Waals surface area contributed by atoms with Crippen LogP contribution < -0.4 is 14.2 Å². The number of pyridine rings is 1. The molecule has 7 rings (SSSR count). The number of benzene rings is 5. The van der Waals surface area contributed by atoms with Crippen molar-refractivity contribution in [1.29, 1.82) is 0 Å². The average Bonchev–Trinajstić information content (AvgIpc) is 3.79. The van der Waals surface area contributed by atoms with Crippen LogP contribution in [0.25, 0.3) is 22.5 Å². The third-order valence-corrected chi connectivity index (χ3v) is 9.70. The van der Waals surface area contributed by atoms with Crippen molar-refractivity contribution < 1.29 is 38.1 Å². The third kappa shape index (κ3) is 9.00. The molecular formula is C48H43N5O8. The summed E-state index contributed by atoms with van der Waals surface area (Å²) in [6.45, 7) is 5.50. The molecule has 0 radical (unpaired) electrons. The molecular weight excluding hydrogens is 775 g/mol. The lowest BCUT2D eigenvalue weighted by atomic mass is 9.77. The molecule has 0 fully saturated rings. The molecule has 7 aromatic rings. The van der Waals surface area contributed by atoms with E-state index in [1.807, 2.05) is 85.8 Å². The Morgan fingerprint density at radius 1 is 0.623 bits per heavy atom. The van der Waals surface area contributed by atoms with Crippen molar-refractivity contribution in [2.24, 2.45) is 0 Å². The van der Waals surface area contributed by atoms with Crippen LogP contribution in [0.1, 0.15) is 66.4 Å². The lowest BCUT2D eigenvalue weighted by Gasteiger charge is -2.34. The molecule has 0 saturated carbocycles. The van der Waals surface area contributed by atoms with Crippen molar-refractivity contribution in [2.75, 3.05) is 19.8 Å². The topological polar surface area (TPSA) is 154 Å². The summed E-state index contributed by atoms with van der Waals surface area (Å²) in [4.78, 5) is 45.1. The van der Waals surface area contributed by atoms with Crippen LogP contribution in [0.15, 0.2) is 146 Å². The zero-order valence-electron chi connectivity index (χ0n) is 33.9. The molecule has 5 aromatic carbocycles. The van der Waals surface area contributed by atoms with E-state index in [2.05, 4.69) is 46.5 Å². The molecule has 61 heavy (non-hydrogen) atoms. The maximum Gasteiger partial charge on any atom is 0.514 e. The monoisotopic (exact) mass is 817 g/mol. The van der Waals surface area contributed by atoms with Gasteiger partial charge in [0.2, 0.25) is 11.6 Å². The Morgan fingerprint density at radius 3 is 1.69 bits per heavy atom. The van der Waals surface area contributed by atoms with Crippen molar-refractivity contribution >= 4 is 18.1 Å². The number of nitrogens with zero attached hydrogens (tertiary/aromatic N) is 5. The van der Waals surface area contributed by atoms with Crippen molar-refractivity contribution in [3.8, 4) is 39.9 Å². The largest absolute Gasteiger partial charge is 0.514 e. The number of hydrogen-bond acceptors (Lipinski definition) is 12. The number of unbranched alkanes of at least 4 members (excludes halogenated alkanes) is 1. The molecule has 308 valence electrons. The van der Waals surface area contributed by atoms with E-state index >= 15 is 0 Å². The highest BCUT2D eigenvalue weighted by molar-refractivity contribution is 6.10. The van der Waals surface area contributed by atoms with Crippen LogP contribution in [0, 0.1) is 0 Å². The molecule has 13 heteroatoms. The van der Waals surface area contributed by atoms with E-state index in [0.717, 1.165) is 34.2 Å². The second-order valence-corrected chi connectivity index (χ2v) is 13.6. The Kier molecular flexibility index (Phi) is 13.2. The van der Waals surface area contributed by atoms with Crippen LogP contribution in [0.4, 0.5) is 9.59 Å². The Morgan fingerprint density at radius 2 is 1.15 bits per heavy atom. The fraction of sp³-hybridized carbons (Fsp3) is 0.188. The zero-order valence-corrected chi connectivity index (χ0v) is 33.9. The SMILES string of the molecule is CCCCOc1nc(C(=O)c2ccc(-c3ccccc3-c3nnn(C(c4ccccc4)(c4ccccc4)c4ccccc4)n3)cc2)c(OC(=O)OCC)cc1OC(=O)OCC. The summed E-state index contributed by atoms with van der Waals surface area (Å²) < 4.78 is 26.5. The second kappa shape index (κ2) is 19.4. The minimum absolute atomic E-state index is 0.0165. The normalized spacial score (nSPS) is 11.1. The number of ketones is 1. The van der Waals surface area contributed by atoms with Crippen LogP contribution in [-0.4, -0.2) is 63.1 Å². The number of tetrazole rings is 1. The van der Waals surface area contributed by atoms with Crippen molar-refractivity contribution in [1.82, 2.24) is 25.2 Å². The van der Waals surface area contributed by atoms with Crippen LogP contribution in [0.2, 0.25) is 0 Å². The second-order valence-electron chi connectivity index (χ2n) is 13.6. The fourth-order valence-corrected chi connectivity index (χ4v) is 6.88. The molecule has 0 unspecified atom stereocenters. The third-order valence-electron chi connectivity index (χ3n) is 9.70. The van der Waals surface area contributed by atoms with E-state index in [1.165, 1.54) is 6.07 Å². The van der Waals surface area contributed by atoms with E-state index in [1.54, 1.807) is 42.9 Å². The Bertz CT molecular complexity index is 2490. The van der Waals surface area contributed by atoms with E-state index in [0.29, 0.717) is 17.8 Å². The van der Waals surface area contributed by atoms with Gasteiger partial charge in [0.05, 0.1) is 19.8 Å². The lowest BCUT2D eigenvalue weighted by Crippen LogP contribution is -2.39. The van der Waals surface area contributed by atoms with Gasteiger partial charge in [-0.3, -0.25) is 4.79 Å². The molecule has 2 aromatic heterocycles. The molecule has 13 nitrogen and oxygen atoms in total. The molecule has 0 spiro atoms. The number of aromatic nitrogens is 5. The zero-order chi connectivity index (χ0) is 42.6. The number of ether oxygens (including phenoxy) is 5. The van der Waals surface area contributed by atoms with Gasteiger partial charge in [-0.05, 0) is 53.3 Å². The summed E-state index contributed by atoms with van der Waals surface area (Å²) in [6, 6.07) is 46.0. The van der Waals surface area contributed by atoms with Gasteiger partial charge in [0, 0.05) is 17.2 Å². The van der Waals surface area contributed by atoms with Gasteiger partial charge in [0.15, 0.2) is 22.7 Å². The van der Waals surface area contributed by atoms with Crippen LogP contribution in [-0.2, 0) is 15.0 Å². The van der Waals surface area contributed by atoms with Crippen molar-refractivity contribution in [3.05, 3.63) is 174 Å². The van der Waals surface area contributed by atoms with E-state index in [9.17, 15) is 14.4 Å². The Labute approximate surface area is 352 Å². The molecule has 2 heterocycles. The van der Waals surface area contributed by atoms with Gasteiger partial charge in [-0.1, -0.05) is 153 Å². The first-order chi connectivity index (χ1) is 29.9. The van der Waals surface area contributed by atoms with Crippen LogP contribution >= 0.6 is 0 Å². The molecule has 0 aliphatic rings.